The van der Waals surface area contributed by atoms with E-state index in [0.29, 0.717) is 25.3 Å². The van der Waals surface area contributed by atoms with Crippen molar-refractivity contribution in [3.05, 3.63) is 94.0 Å². The smallest absolute Gasteiger partial charge is 0.312 e. The summed E-state index contributed by atoms with van der Waals surface area (Å²) in [4.78, 5) is 17.1. The van der Waals surface area contributed by atoms with Gasteiger partial charge in [0.05, 0.1) is 18.2 Å². The Balaban J connectivity index is 1.33. The van der Waals surface area contributed by atoms with Crippen molar-refractivity contribution < 1.29 is 19.1 Å². The van der Waals surface area contributed by atoms with Gasteiger partial charge in [0, 0.05) is 16.9 Å². The minimum Gasteiger partial charge on any atom is -0.493 e. The molecule has 158 valence electrons. The second-order valence-corrected chi connectivity index (χ2v) is 8.22. The number of carboxylic acids is 1. The summed E-state index contributed by atoms with van der Waals surface area (Å²) in [7, 11) is 0. The van der Waals surface area contributed by atoms with Crippen LogP contribution in [0.15, 0.2) is 76.5 Å². The highest BCUT2D eigenvalue weighted by atomic mass is 32.1. The first-order valence-corrected chi connectivity index (χ1v) is 11.0. The summed E-state index contributed by atoms with van der Waals surface area (Å²) >= 11 is 1.47. The highest BCUT2D eigenvalue weighted by Gasteiger charge is 2.21. The zero-order valence-corrected chi connectivity index (χ0v) is 18.0. The molecule has 0 aliphatic heterocycles. The van der Waals surface area contributed by atoms with Gasteiger partial charge in [-0.2, -0.15) is 0 Å². The molecule has 2 aromatic heterocycles. The predicted molar refractivity (Wildman–Crippen MR) is 121 cm³/mol. The van der Waals surface area contributed by atoms with Crippen molar-refractivity contribution in [3.63, 3.8) is 0 Å². The normalized spacial score (nSPS) is 11.9. The molecule has 0 bridgehead atoms. The Labute approximate surface area is 185 Å². The van der Waals surface area contributed by atoms with Gasteiger partial charge in [-0.3, -0.25) is 4.79 Å². The van der Waals surface area contributed by atoms with Crippen molar-refractivity contribution in [1.29, 1.82) is 0 Å². The Hall–Kier alpha value is -3.38. The number of nitrogens with zero attached hydrogens (tertiary/aromatic N) is 1. The second-order valence-electron chi connectivity index (χ2n) is 7.24. The van der Waals surface area contributed by atoms with E-state index in [2.05, 4.69) is 4.98 Å². The van der Waals surface area contributed by atoms with Gasteiger partial charge in [-0.05, 0) is 54.6 Å². The van der Waals surface area contributed by atoms with Crippen LogP contribution in [0, 0.1) is 6.92 Å². The summed E-state index contributed by atoms with van der Waals surface area (Å²) in [6.45, 7) is 2.39. The maximum atomic E-state index is 11.6. The van der Waals surface area contributed by atoms with Gasteiger partial charge in [0.1, 0.15) is 11.5 Å². The number of oxazole rings is 1. The van der Waals surface area contributed by atoms with Crippen LogP contribution in [0.1, 0.15) is 27.8 Å². The molecular weight excluding hydrogens is 410 g/mol. The topological polar surface area (TPSA) is 72.6 Å². The minimum atomic E-state index is -0.805. The number of hydrogen-bond donors (Lipinski definition) is 1. The zero-order chi connectivity index (χ0) is 21.6. The number of hydrogen-bond acceptors (Lipinski definition) is 5. The largest absolute Gasteiger partial charge is 0.493 e. The third-order valence-electron chi connectivity index (χ3n) is 5.07. The highest BCUT2D eigenvalue weighted by Crippen LogP contribution is 2.26. The van der Waals surface area contributed by atoms with Crippen LogP contribution in [-0.4, -0.2) is 22.7 Å². The Morgan fingerprint density at radius 3 is 2.55 bits per heavy atom. The van der Waals surface area contributed by atoms with Crippen LogP contribution in [0.3, 0.4) is 0 Å². The van der Waals surface area contributed by atoms with Crippen molar-refractivity contribution in [2.45, 2.75) is 25.7 Å². The molecule has 0 amide bonds. The second kappa shape index (κ2) is 9.62. The summed E-state index contributed by atoms with van der Waals surface area (Å²) < 4.78 is 11.7. The first-order chi connectivity index (χ1) is 15.1. The van der Waals surface area contributed by atoms with Gasteiger partial charge < -0.3 is 14.3 Å². The number of carboxylic acid groups (broad SMARTS) is 1. The lowest BCUT2D eigenvalue weighted by atomic mass is 9.98. The summed E-state index contributed by atoms with van der Waals surface area (Å²) in [6.07, 6.45) is 1.10. The SMILES string of the molecule is Cc1oc(-c2ccccc2)nc1CCOc1ccc(C[C@@H](C(=O)O)c2cccs2)cc1. The van der Waals surface area contributed by atoms with Gasteiger partial charge in [0.25, 0.3) is 0 Å². The van der Waals surface area contributed by atoms with E-state index in [-0.39, 0.29) is 0 Å². The lowest BCUT2D eigenvalue weighted by molar-refractivity contribution is -0.138. The Morgan fingerprint density at radius 1 is 1.10 bits per heavy atom. The van der Waals surface area contributed by atoms with Gasteiger partial charge in [-0.1, -0.05) is 36.4 Å². The molecule has 0 spiro atoms. The fourth-order valence-corrected chi connectivity index (χ4v) is 4.21. The van der Waals surface area contributed by atoms with E-state index in [1.807, 2.05) is 79.0 Å². The Kier molecular flexibility index (Phi) is 6.48. The van der Waals surface area contributed by atoms with Crippen LogP contribution in [0.4, 0.5) is 0 Å². The number of rotatable bonds is 9. The van der Waals surface area contributed by atoms with E-state index < -0.39 is 11.9 Å². The molecule has 0 unspecified atom stereocenters. The molecular formula is C25H23NO4S. The van der Waals surface area contributed by atoms with Crippen molar-refractivity contribution in [3.8, 4) is 17.2 Å². The van der Waals surface area contributed by atoms with Crippen molar-refractivity contribution in [2.24, 2.45) is 0 Å². The maximum Gasteiger partial charge on any atom is 0.312 e. The van der Waals surface area contributed by atoms with Crippen molar-refractivity contribution >= 4 is 17.3 Å². The third-order valence-corrected chi connectivity index (χ3v) is 6.05. The van der Waals surface area contributed by atoms with Gasteiger partial charge in [-0.15, -0.1) is 11.3 Å². The van der Waals surface area contributed by atoms with E-state index in [0.717, 1.165) is 33.2 Å². The monoisotopic (exact) mass is 433 g/mol. The van der Waals surface area contributed by atoms with Gasteiger partial charge in [0.2, 0.25) is 5.89 Å². The average Bonchev–Trinajstić information content (AvgIpc) is 3.44. The van der Waals surface area contributed by atoms with Crippen LogP contribution in [0.2, 0.25) is 0 Å². The molecule has 5 nitrogen and oxygen atoms in total. The molecule has 0 fully saturated rings. The van der Waals surface area contributed by atoms with Crippen molar-refractivity contribution in [2.75, 3.05) is 6.61 Å². The molecule has 0 radical (unpaired) electrons. The number of carbonyl (C=O) groups is 1. The molecule has 1 atom stereocenters. The number of aromatic nitrogens is 1. The van der Waals surface area contributed by atoms with Crippen LogP contribution < -0.4 is 4.74 Å². The van der Waals surface area contributed by atoms with E-state index in [4.69, 9.17) is 9.15 Å². The Morgan fingerprint density at radius 2 is 1.87 bits per heavy atom. The standard InChI is InChI=1S/C25H23NO4S/c1-17-22(26-24(30-17)19-6-3-2-4-7-19)13-14-29-20-11-9-18(10-12-20)16-21(25(27)28)23-8-5-15-31-23/h2-12,15,21H,13-14,16H2,1H3,(H,27,28)/t21-/m1/s1. The molecule has 1 N–H and O–H groups in total. The predicted octanol–water partition coefficient (Wildman–Crippen LogP) is 5.74. The number of aryl methyl sites for hydroxylation is 1. The zero-order valence-electron chi connectivity index (χ0n) is 17.2. The van der Waals surface area contributed by atoms with E-state index >= 15 is 0 Å². The van der Waals surface area contributed by atoms with Gasteiger partial charge in [0.15, 0.2) is 0 Å². The maximum absolute atomic E-state index is 11.6. The molecule has 31 heavy (non-hydrogen) atoms. The lowest BCUT2D eigenvalue weighted by Crippen LogP contribution is -2.13. The van der Waals surface area contributed by atoms with Crippen LogP contribution in [0.25, 0.3) is 11.5 Å². The fraction of sp³-hybridized carbons (Fsp3) is 0.200. The molecule has 6 heteroatoms. The molecule has 2 heterocycles. The van der Waals surface area contributed by atoms with Crippen LogP contribution in [0.5, 0.6) is 5.75 Å². The third kappa shape index (κ3) is 5.22. The quantitative estimate of drug-likeness (QED) is 0.364. The highest BCUT2D eigenvalue weighted by molar-refractivity contribution is 7.10. The number of benzene rings is 2. The van der Waals surface area contributed by atoms with Crippen molar-refractivity contribution in [1.82, 2.24) is 4.98 Å². The minimum absolute atomic E-state index is 0.455. The van der Waals surface area contributed by atoms with Crippen LogP contribution in [-0.2, 0) is 17.6 Å². The fourth-order valence-electron chi connectivity index (χ4n) is 3.39. The van der Waals surface area contributed by atoms with E-state index in [1.54, 1.807) is 0 Å². The average molecular weight is 434 g/mol. The summed E-state index contributed by atoms with van der Waals surface area (Å²) in [5.41, 5.74) is 2.80. The van der Waals surface area contributed by atoms with Gasteiger partial charge >= 0.3 is 5.97 Å². The number of aliphatic carboxylic acids is 1. The summed E-state index contributed by atoms with van der Waals surface area (Å²) in [6, 6.07) is 21.2. The summed E-state index contributed by atoms with van der Waals surface area (Å²) in [5.74, 6) is 0.833. The lowest BCUT2D eigenvalue weighted by Gasteiger charge is -2.11. The molecule has 0 saturated heterocycles. The molecule has 0 aliphatic carbocycles. The van der Waals surface area contributed by atoms with Gasteiger partial charge in [-0.25, -0.2) is 4.98 Å². The number of thiophene rings is 1. The number of ether oxygens (including phenoxy) is 1. The molecule has 4 rings (SSSR count). The first-order valence-electron chi connectivity index (χ1n) is 10.1. The Bertz CT molecular complexity index is 1120. The first kappa shape index (κ1) is 20.9. The molecule has 2 aromatic carbocycles. The van der Waals surface area contributed by atoms with Crippen LogP contribution >= 0.6 is 11.3 Å². The van der Waals surface area contributed by atoms with E-state index in [9.17, 15) is 9.90 Å². The van der Waals surface area contributed by atoms with E-state index in [1.165, 1.54) is 11.3 Å². The molecule has 0 aliphatic rings. The molecule has 4 aromatic rings. The molecule has 0 saturated carbocycles. The summed E-state index contributed by atoms with van der Waals surface area (Å²) in [5, 5.41) is 11.5.